The Morgan fingerprint density at radius 2 is 2.07 bits per heavy atom. The maximum Gasteiger partial charge on any atom is 0.0767 e. The second-order valence-electron chi connectivity index (χ2n) is 4.62. The van der Waals surface area contributed by atoms with Crippen molar-refractivity contribution in [2.45, 2.75) is 45.4 Å². The second-order valence-corrected chi connectivity index (χ2v) is 4.62. The monoisotopic (exact) mass is 197 g/mol. The summed E-state index contributed by atoms with van der Waals surface area (Å²) in [6.07, 6.45) is 1.72. The lowest BCUT2D eigenvalue weighted by Gasteiger charge is -2.38. The lowest BCUT2D eigenvalue weighted by molar-refractivity contribution is -0.00545. The van der Waals surface area contributed by atoms with Crippen molar-refractivity contribution in [2.75, 3.05) is 0 Å². The van der Waals surface area contributed by atoms with Gasteiger partial charge in [0.1, 0.15) is 0 Å². The van der Waals surface area contributed by atoms with Crippen LogP contribution in [0.4, 0.5) is 0 Å². The standard InChI is InChI=1S/C10H19N3O/c1-9(2,10(3,4)14)11-7-8-5-6-12-13-8/h5-6,11,14H,7H2,1-4H3,(H,12,13). The fourth-order valence-electron chi connectivity index (χ4n) is 0.916. The SMILES string of the molecule is CC(C)(O)C(C)(C)NCc1ccn[nH]1. The van der Waals surface area contributed by atoms with E-state index in [2.05, 4.69) is 15.5 Å². The smallest absolute Gasteiger partial charge is 0.0767 e. The zero-order valence-electron chi connectivity index (χ0n) is 9.26. The number of H-pyrrole nitrogens is 1. The summed E-state index contributed by atoms with van der Waals surface area (Å²) in [6.45, 7) is 8.23. The average molecular weight is 197 g/mol. The van der Waals surface area contributed by atoms with Crippen LogP contribution < -0.4 is 5.32 Å². The molecule has 0 fully saturated rings. The molecule has 80 valence electrons. The second kappa shape index (κ2) is 3.71. The summed E-state index contributed by atoms with van der Waals surface area (Å²) >= 11 is 0. The summed E-state index contributed by atoms with van der Waals surface area (Å²) in [4.78, 5) is 0. The first-order chi connectivity index (χ1) is 6.33. The molecule has 0 aliphatic carbocycles. The highest BCUT2D eigenvalue weighted by molar-refractivity contribution is 5.00. The van der Waals surface area contributed by atoms with Crippen LogP contribution >= 0.6 is 0 Å². The van der Waals surface area contributed by atoms with Crippen LogP contribution in [0.3, 0.4) is 0 Å². The van der Waals surface area contributed by atoms with E-state index in [0.717, 1.165) is 5.69 Å². The van der Waals surface area contributed by atoms with Crippen molar-refractivity contribution in [3.8, 4) is 0 Å². The number of nitrogens with one attached hydrogen (secondary N) is 2. The topological polar surface area (TPSA) is 60.9 Å². The van der Waals surface area contributed by atoms with Crippen molar-refractivity contribution in [3.63, 3.8) is 0 Å². The fraction of sp³-hybridized carbons (Fsp3) is 0.700. The molecular weight excluding hydrogens is 178 g/mol. The molecule has 0 saturated heterocycles. The van der Waals surface area contributed by atoms with Gasteiger partial charge in [0.05, 0.1) is 5.60 Å². The Labute approximate surface area is 84.7 Å². The van der Waals surface area contributed by atoms with Gasteiger partial charge in [-0.2, -0.15) is 5.10 Å². The summed E-state index contributed by atoms with van der Waals surface area (Å²) in [7, 11) is 0. The number of aromatic amines is 1. The third kappa shape index (κ3) is 2.56. The Morgan fingerprint density at radius 3 is 2.50 bits per heavy atom. The number of hydrogen-bond donors (Lipinski definition) is 3. The number of aromatic nitrogens is 2. The minimum Gasteiger partial charge on any atom is -0.389 e. The van der Waals surface area contributed by atoms with Gasteiger partial charge in [-0.25, -0.2) is 0 Å². The van der Waals surface area contributed by atoms with Crippen molar-refractivity contribution in [2.24, 2.45) is 0 Å². The largest absolute Gasteiger partial charge is 0.389 e. The Balaban J connectivity index is 2.53. The molecule has 1 aromatic heterocycles. The third-order valence-electron chi connectivity index (χ3n) is 2.81. The van der Waals surface area contributed by atoms with Crippen molar-refractivity contribution >= 4 is 0 Å². The van der Waals surface area contributed by atoms with E-state index in [1.807, 2.05) is 19.9 Å². The van der Waals surface area contributed by atoms with Crippen molar-refractivity contribution in [3.05, 3.63) is 18.0 Å². The minimum atomic E-state index is -0.757. The van der Waals surface area contributed by atoms with Crippen LogP contribution in [0.1, 0.15) is 33.4 Å². The van der Waals surface area contributed by atoms with Crippen LogP contribution in [-0.2, 0) is 6.54 Å². The van der Waals surface area contributed by atoms with Gasteiger partial charge in [-0.15, -0.1) is 0 Å². The molecule has 1 heterocycles. The molecule has 3 N–H and O–H groups in total. The van der Waals surface area contributed by atoms with Gasteiger partial charge < -0.3 is 10.4 Å². The summed E-state index contributed by atoms with van der Waals surface area (Å²) in [5.41, 5.74) is -0.0761. The molecule has 0 saturated carbocycles. The first-order valence-corrected chi connectivity index (χ1v) is 4.78. The van der Waals surface area contributed by atoms with E-state index in [1.54, 1.807) is 20.0 Å². The molecule has 0 radical (unpaired) electrons. The lowest BCUT2D eigenvalue weighted by Crippen LogP contribution is -2.55. The van der Waals surface area contributed by atoms with Crippen LogP contribution in [0.25, 0.3) is 0 Å². The Kier molecular flexibility index (Phi) is 2.97. The number of rotatable bonds is 4. The molecule has 0 aliphatic rings. The summed E-state index contributed by atoms with van der Waals surface area (Å²) in [5.74, 6) is 0. The molecule has 1 rings (SSSR count). The van der Waals surface area contributed by atoms with Crippen molar-refractivity contribution in [1.82, 2.24) is 15.5 Å². The van der Waals surface area contributed by atoms with E-state index in [0.29, 0.717) is 6.54 Å². The normalized spacial score (nSPS) is 13.2. The van der Waals surface area contributed by atoms with Crippen LogP contribution in [0.15, 0.2) is 12.3 Å². The zero-order chi connectivity index (χ0) is 10.8. The number of aliphatic hydroxyl groups is 1. The molecule has 0 aliphatic heterocycles. The van der Waals surface area contributed by atoms with Gasteiger partial charge >= 0.3 is 0 Å². The molecule has 4 heteroatoms. The quantitative estimate of drug-likeness (QED) is 0.676. The molecule has 0 amide bonds. The van der Waals surface area contributed by atoms with E-state index in [9.17, 15) is 5.11 Å². The lowest BCUT2D eigenvalue weighted by atomic mass is 9.86. The number of hydrogen-bond acceptors (Lipinski definition) is 3. The highest BCUT2D eigenvalue weighted by atomic mass is 16.3. The average Bonchev–Trinajstić information content (AvgIpc) is 2.50. The Hall–Kier alpha value is -0.870. The van der Waals surface area contributed by atoms with E-state index >= 15 is 0 Å². The molecule has 0 aromatic carbocycles. The predicted molar refractivity (Wildman–Crippen MR) is 55.8 cm³/mol. The van der Waals surface area contributed by atoms with Gasteiger partial charge in [0.25, 0.3) is 0 Å². The fourth-order valence-corrected chi connectivity index (χ4v) is 0.916. The first-order valence-electron chi connectivity index (χ1n) is 4.78. The first kappa shape index (κ1) is 11.2. The maximum atomic E-state index is 9.89. The maximum absolute atomic E-state index is 9.89. The van der Waals surface area contributed by atoms with Crippen LogP contribution in [0.5, 0.6) is 0 Å². The van der Waals surface area contributed by atoms with E-state index in [-0.39, 0.29) is 5.54 Å². The predicted octanol–water partition coefficient (Wildman–Crippen LogP) is 1.05. The van der Waals surface area contributed by atoms with Crippen LogP contribution in [-0.4, -0.2) is 26.4 Å². The molecule has 1 aromatic rings. The van der Waals surface area contributed by atoms with E-state index < -0.39 is 5.60 Å². The van der Waals surface area contributed by atoms with Crippen LogP contribution in [0.2, 0.25) is 0 Å². The van der Waals surface area contributed by atoms with Gasteiger partial charge in [-0.3, -0.25) is 5.10 Å². The molecule has 0 atom stereocenters. The van der Waals surface area contributed by atoms with Crippen molar-refractivity contribution in [1.29, 1.82) is 0 Å². The van der Waals surface area contributed by atoms with Crippen molar-refractivity contribution < 1.29 is 5.11 Å². The minimum absolute atomic E-state index is 0.335. The highest BCUT2D eigenvalue weighted by Gasteiger charge is 2.34. The van der Waals surface area contributed by atoms with Gasteiger partial charge in [0.2, 0.25) is 0 Å². The summed E-state index contributed by atoms with van der Waals surface area (Å²) < 4.78 is 0. The Morgan fingerprint density at radius 1 is 1.43 bits per heavy atom. The summed E-state index contributed by atoms with van der Waals surface area (Å²) in [6, 6.07) is 1.91. The van der Waals surface area contributed by atoms with Gasteiger partial charge in [0, 0.05) is 24.0 Å². The highest BCUT2D eigenvalue weighted by Crippen LogP contribution is 2.20. The number of nitrogens with zero attached hydrogens (tertiary/aromatic N) is 1. The van der Waals surface area contributed by atoms with E-state index in [1.165, 1.54) is 0 Å². The molecule has 4 nitrogen and oxygen atoms in total. The molecule has 0 spiro atoms. The van der Waals surface area contributed by atoms with Crippen LogP contribution in [0, 0.1) is 0 Å². The third-order valence-corrected chi connectivity index (χ3v) is 2.81. The van der Waals surface area contributed by atoms with Gasteiger partial charge in [0.15, 0.2) is 0 Å². The molecular formula is C10H19N3O. The Bertz CT molecular complexity index is 272. The molecule has 0 bridgehead atoms. The molecule has 0 unspecified atom stereocenters. The van der Waals surface area contributed by atoms with Gasteiger partial charge in [-0.05, 0) is 33.8 Å². The zero-order valence-corrected chi connectivity index (χ0v) is 9.26. The van der Waals surface area contributed by atoms with E-state index in [4.69, 9.17) is 0 Å². The summed E-state index contributed by atoms with van der Waals surface area (Å²) in [5, 5.41) is 19.9. The molecule has 14 heavy (non-hydrogen) atoms. The van der Waals surface area contributed by atoms with Gasteiger partial charge in [-0.1, -0.05) is 0 Å².